The number of para-hydroxylation sites is 1. The Labute approximate surface area is 132 Å². The first-order valence-corrected chi connectivity index (χ1v) is 7.71. The van der Waals surface area contributed by atoms with Gasteiger partial charge in [0, 0.05) is 22.3 Å². The summed E-state index contributed by atoms with van der Waals surface area (Å²) in [6.07, 6.45) is 0. The van der Waals surface area contributed by atoms with Gasteiger partial charge in [-0.2, -0.15) is 0 Å². The van der Waals surface area contributed by atoms with E-state index in [4.69, 9.17) is 0 Å². The van der Waals surface area contributed by atoms with E-state index in [-0.39, 0.29) is 11.8 Å². The van der Waals surface area contributed by atoms with E-state index >= 15 is 0 Å². The second-order valence-electron chi connectivity index (χ2n) is 5.98. The Morgan fingerprint density at radius 2 is 1.65 bits per heavy atom. The summed E-state index contributed by atoms with van der Waals surface area (Å²) in [5.41, 5.74) is 3.95. The van der Waals surface area contributed by atoms with Crippen LogP contribution in [-0.2, 0) is 4.79 Å². The van der Waals surface area contributed by atoms with Gasteiger partial charge in [0.1, 0.15) is 5.92 Å². The van der Waals surface area contributed by atoms with Crippen LogP contribution in [0.2, 0.25) is 0 Å². The van der Waals surface area contributed by atoms with E-state index in [0.29, 0.717) is 0 Å². The van der Waals surface area contributed by atoms with E-state index in [1.165, 1.54) is 10.8 Å². The van der Waals surface area contributed by atoms with E-state index < -0.39 is 0 Å². The van der Waals surface area contributed by atoms with Crippen molar-refractivity contribution in [2.45, 2.75) is 5.92 Å². The topological polar surface area (TPSA) is 44.9 Å². The molecule has 0 spiro atoms. The van der Waals surface area contributed by atoms with Crippen molar-refractivity contribution in [3.8, 4) is 0 Å². The summed E-state index contributed by atoms with van der Waals surface area (Å²) in [4.78, 5) is 15.9. The van der Waals surface area contributed by atoms with Gasteiger partial charge in [-0.25, -0.2) is 0 Å². The average molecular weight is 298 g/mol. The van der Waals surface area contributed by atoms with Gasteiger partial charge >= 0.3 is 0 Å². The molecule has 0 aliphatic carbocycles. The van der Waals surface area contributed by atoms with Crippen molar-refractivity contribution in [2.75, 3.05) is 5.32 Å². The third-order valence-corrected chi connectivity index (χ3v) is 4.65. The molecule has 1 aromatic heterocycles. The molecule has 23 heavy (non-hydrogen) atoms. The lowest BCUT2D eigenvalue weighted by Gasteiger charge is -2.05. The Kier molecular flexibility index (Phi) is 2.42. The summed E-state index contributed by atoms with van der Waals surface area (Å²) in [6, 6.07) is 22.5. The van der Waals surface area contributed by atoms with E-state index in [2.05, 4.69) is 40.6 Å². The van der Waals surface area contributed by atoms with Crippen molar-refractivity contribution in [1.29, 1.82) is 0 Å². The van der Waals surface area contributed by atoms with E-state index in [1.807, 2.05) is 36.4 Å². The highest BCUT2D eigenvalue weighted by molar-refractivity contribution is 6.09. The molecule has 2 N–H and O–H groups in total. The summed E-state index contributed by atoms with van der Waals surface area (Å²) in [5, 5.41) is 6.55. The number of aromatic amines is 1. The smallest absolute Gasteiger partial charge is 0.237 e. The monoisotopic (exact) mass is 298 g/mol. The van der Waals surface area contributed by atoms with E-state index in [9.17, 15) is 4.79 Å². The number of amides is 1. The molecule has 4 aromatic rings. The van der Waals surface area contributed by atoms with Crippen molar-refractivity contribution in [3.63, 3.8) is 0 Å². The van der Waals surface area contributed by atoms with Crippen LogP contribution in [-0.4, -0.2) is 10.9 Å². The van der Waals surface area contributed by atoms with Gasteiger partial charge in [0.05, 0.1) is 0 Å². The summed E-state index contributed by atoms with van der Waals surface area (Å²) in [5.74, 6) is -0.237. The predicted octanol–water partition coefficient (Wildman–Crippen LogP) is 4.41. The van der Waals surface area contributed by atoms with Crippen LogP contribution in [0.5, 0.6) is 0 Å². The number of nitrogens with one attached hydrogen (secondary N) is 2. The van der Waals surface area contributed by atoms with Crippen LogP contribution in [0.4, 0.5) is 5.69 Å². The first kappa shape index (κ1) is 12.5. The molecule has 1 aliphatic heterocycles. The van der Waals surface area contributed by atoms with Crippen molar-refractivity contribution in [2.24, 2.45) is 0 Å². The number of hydrogen-bond acceptors (Lipinski definition) is 1. The first-order valence-electron chi connectivity index (χ1n) is 7.71. The van der Waals surface area contributed by atoms with Crippen LogP contribution in [0.15, 0.2) is 66.7 Å². The van der Waals surface area contributed by atoms with Crippen molar-refractivity contribution in [1.82, 2.24) is 4.98 Å². The second kappa shape index (κ2) is 4.46. The van der Waals surface area contributed by atoms with Crippen molar-refractivity contribution < 1.29 is 4.79 Å². The third-order valence-electron chi connectivity index (χ3n) is 4.65. The average Bonchev–Trinajstić information content (AvgIpc) is 3.14. The molecule has 1 atom stereocenters. The summed E-state index contributed by atoms with van der Waals surface area (Å²) in [6.45, 7) is 0. The Morgan fingerprint density at radius 1 is 0.826 bits per heavy atom. The molecule has 0 bridgehead atoms. The second-order valence-corrected chi connectivity index (χ2v) is 5.98. The lowest BCUT2D eigenvalue weighted by Crippen LogP contribution is -2.13. The highest BCUT2D eigenvalue weighted by atomic mass is 16.2. The van der Waals surface area contributed by atoms with Gasteiger partial charge in [0.2, 0.25) is 5.91 Å². The minimum absolute atomic E-state index is 0.0297. The molecule has 0 radical (unpaired) electrons. The van der Waals surface area contributed by atoms with Crippen LogP contribution in [0, 0.1) is 0 Å². The minimum atomic E-state index is -0.266. The van der Waals surface area contributed by atoms with Gasteiger partial charge in [-0.3, -0.25) is 4.79 Å². The fourth-order valence-electron chi connectivity index (χ4n) is 3.58. The standard InChI is InChI=1S/C20H14N2O/c23-20-19(14-7-3-4-8-16(14)22-20)18-11-15-13-6-2-1-5-12(13)9-10-17(15)21-18/h1-11,19,21H,(H,22,23). The number of hydrogen-bond donors (Lipinski definition) is 2. The fourth-order valence-corrected chi connectivity index (χ4v) is 3.58. The van der Waals surface area contributed by atoms with Crippen molar-refractivity contribution >= 4 is 33.3 Å². The molecular formula is C20H14N2O. The number of carbonyl (C=O) groups excluding carboxylic acids is 1. The van der Waals surface area contributed by atoms with Crippen LogP contribution < -0.4 is 5.32 Å². The fraction of sp³-hybridized carbons (Fsp3) is 0.0500. The SMILES string of the molecule is O=C1Nc2ccccc2C1c1cc2c(ccc3ccccc32)[nH]1. The molecule has 3 heteroatoms. The number of H-pyrrole nitrogens is 1. The van der Waals surface area contributed by atoms with Gasteiger partial charge in [-0.15, -0.1) is 0 Å². The van der Waals surface area contributed by atoms with Crippen molar-refractivity contribution in [3.05, 3.63) is 78.0 Å². The third kappa shape index (κ3) is 1.73. The molecule has 0 saturated carbocycles. The summed E-state index contributed by atoms with van der Waals surface area (Å²) >= 11 is 0. The number of carbonyl (C=O) groups is 1. The molecule has 2 heterocycles. The molecular weight excluding hydrogens is 284 g/mol. The molecule has 110 valence electrons. The largest absolute Gasteiger partial charge is 0.357 e. The Hall–Kier alpha value is -3.07. The maximum Gasteiger partial charge on any atom is 0.237 e. The summed E-state index contributed by atoms with van der Waals surface area (Å²) < 4.78 is 0. The lowest BCUT2D eigenvalue weighted by atomic mass is 9.97. The van der Waals surface area contributed by atoms with E-state index in [1.54, 1.807) is 0 Å². The zero-order valence-corrected chi connectivity index (χ0v) is 12.3. The van der Waals surface area contributed by atoms with Crippen LogP contribution >= 0.6 is 0 Å². The molecule has 1 aliphatic rings. The predicted molar refractivity (Wildman–Crippen MR) is 92.7 cm³/mol. The molecule has 0 saturated heterocycles. The number of rotatable bonds is 1. The Balaban J connectivity index is 1.75. The zero-order valence-electron chi connectivity index (χ0n) is 12.3. The van der Waals surface area contributed by atoms with Crippen LogP contribution in [0.25, 0.3) is 21.7 Å². The Bertz CT molecular complexity index is 1080. The normalized spacial score (nSPS) is 16.7. The molecule has 1 amide bonds. The maximum absolute atomic E-state index is 12.4. The highest BCUT2D eigenvalue weighted by Gasteiger charge is 2.32. The number of benzene rings is 3. The zero-order chi connectivity index (χ0) is 15.4. The molecule has 3 nitrogen and oxygen atoms in total. The molecule has 0 fully saturated rings. The number of anilines is 1. The Morgan fingerprint density at radius 3 is 2.61 bits per heavy atom. The maximum atomic E-state index is 12.4. The molecule has 5 rings (SSSR count). The quantitative estimate of drug-likeness (QED) is 0.537. The first-order chi connectivity index (χ1) is 11.3. The minimum Gasteiger partial charge on any atom is -0.357 e. The molecule has 3 aromatic carbocycles. The van der Waals surface area contributed by atoms with Gasteiger partial charge in [0.15, 0.2) is 0 Å². The van der Waals surface area contributed by atoms with Gasteiger partial charge in [0.25, 0.3) is 0 Å². The van der Waals surface area contributed by atoms with E-state index in [0.717, 1.165) is 27.8 Å². The van der Waals surface area contributed by atoms with Gasteiger partial charge in [-0.1, -0.05) is 48.5 Å². The van der Waals surface area contributed by atoms with Crippen LogP contribution in [0.3, 0.4) is 0 Å². The molecule has 1 unspecified atom stereocenters. The number of aromatic nitrogens is 1. The van der Waals surface area contributed by atoms with Gasteiger partial charge < -0.3 is 10.3 Å². The van der Waals surface area contributed by atoms with Gasteiger partial charge in [-0.05, 0) is 34.5 Å². The number of fused-ring (bicyclic) bond motifs is 4. The lowest BCUT2D eigenvalue weighted by molar-refractivity contribution is -0.116. The van der Waals surface area contributed by atoms with Crippen LogP contribution in [0.1, 0.15) is 17.2 Å². The summed E-state index contributed by atoms with van der Waals surface area (Å²) in [7, 11) is 0. The highest BCUT2D eigenvalue weighted by Crippen LogP contribution is 2.38.